The summed E-state index contributed by atoms with van der Waals surface area (Å²) in [5.74, 6) is 0.859. The smallest absolute Gasteiger partial charge is 0.119 e. The highest BCUT2D eigenvalue weighted by molar-refractivity contribution is 5.17. The van der Waals surface area contributed by atoms with Crippen LogP contribution in [0.15, 0.2) is 36.1 Å². The zero-order valence-electron chi connectivity index (χ0n) is 8.62. The number of methoxy groups -OCH3 is 1. The van der Waals surface area contributed by atoms with Gasteiger partial charge in [0.05, 0.1) is 6.61 Å². The molecule has 13 heavy (non-hydrogen) atoms. The summed E-state index contributed by atoms with van der Waals surface area (Å²) in [5.41, 5.74) is 0. The predicted octanol–water partition coefficient (Wildman–Crippen LogP) is 2.69. The summed E-state index contributed by atoms with van der Waals surface area (Å²) in [6.45, 7) is 5.14. The minimum absolute atomic E-state index is 0.588. The molecule has 0 aliphatic carbocycles. The van der Waals surface area contributed by atoms with E-state index in [0.29, 0.717) is 13.2 Å². The molecule has 0 N–H and O–H groups in total. The summed E-state index contributed by atoms with van der Waals surface area (Å²) in [5, 5.41) is 0. The zero-order chi connectivity index (χ0) is 9.94. The molecule has 0 spiro atoms. The Morgan fingerprint density at radius 1 is 1.15 bits per heavy atom. The molecule has 0 amide bonds. The van der Waals surface area contributed by atoms with Gasteiger partial charge < -0.3 is 9.47 Å². The number of allylic oxidation sites excluding steroid dienone is 5. The third-order valence-electron chi connectivity index (χ3n) is 1.34. The van der Waals surface area contributed by atoms with Crippen LogP contribution in [0.25, 0.3) is 0 Å². The SMILES string of the molecule is C\C=C/C=C(\C=C/C)OCCOC. The Morgan fingerprint density at radius 3 is 2.46 bits per heavy atom. The summed E-state index contributed by atoms with van der Waals surface area (Å²) >= 11 is 0. The van der Waals surface area contributed by atoms with E-state index in [0.717, 1.165) is 5.76 Å². The number of hydrogen-bond donors (Lipinski definition) is 0. The average Bonchev–Trinajstić information content (AvgIpc) is 2.14. The summed E-state index contributed by atoms with van der Waals surface area (Å²) in [6.07, 6.45) is 9.71. The van der Waals surface area contributed by atoms with Crippen molar-refractivity contribution in [2.24, 2.45) is 0 Å². The maximum absolute atomic E-state index is 5.42. The van der Waals surface area contributed by atoms with Crippen LogP contribution >= 0.6 is 0 Å². The first kappa shape index (κ1) is 12.0. The third-order valence-corrected chi connectivity index (χ3v) is 1.34. The molecule has 0 radical (unpaired) electrons. The maximum atomic E-state index is 5.42. The van der Waals surface area contributed by atoms with Crippen LogP contribution in [0, 0.1) is 0 Å². The summed E-state index contributed by atoms with van der Waals surface area (Å²) in [7, 11) is 1.66. The normalized spacial score (nSPS) is 13.0. The fraction of sp³-hybridized carbons (Fsp3) is 0.455. The second kappa shape index (κ2) is 9.07. The lowest BCUT2D eigenvalue weighted by Gasteiger charge is -2.04. The average molecular weight is 182 g/mol. The second-order valence-corrected chi connectivity index (χ2v) is 2.44. The molecule has 0 fully saturated rings. The van der Waals surface area contributed by atoms with E-state index in [-0.39, 0.29) is 0 Å². The van der Waals surface area contributed by atoms with Crippen LogP contribution in [0.2, 0.25) is 0 Å². The Bertz CT molecular complexity index is 190. The first-order valence-corrected chi connectivity index (χ1v) is 4.42. The van der Waals surface area contributed by atoms with Crippen molar-refractivity contribution in [3.63, 3.8) is 0 Å². The van der Waals surface area contributed by atoms with Gasteiger partial charge in [-0.15, -0.1) is 0 Å². The van der Waals surface area contributed by atoms with E-state index < -0.39 is 0 Å². The highest BCUT2D eigenvalue weighted by Gasteiger charge is 1.90. The van der Waals surface area contributed by atoms with E-state index in [1.54, 1.807) is 7.11 Å². The van der Waals surface area contributed by atoms with E-state index in [9.17, 15) is 0 Å². The van der Waals surface area contributed by atoms with Gasteiger partial charge in [-0.2, -0.15) is 0 Å². The molecule has 0 unspecified atom stereocenters. The van der Waals surface area contributed by atoms with Gasteiger partial charge in [0.1, 0.15) is 12.4 Å². The van der Waals surface area contributed by atoms with Crippen molar-refractivity contribution in [1.82, 2.24) is 0 Å². The van der Waals surface area contributed by atoms with Crippen molar-refractivity contribution in [2.45, 2.75) is 13.8 Å². The van der Waals surface area contributed by atoms with Crippen LogP contribution in [0.5, 0.6) is 0 Å². The van der Waals surface area contributed by atoms with Gasteiger partial charge in [-0.3, -0.25) is 0 Å². The molecule has 0 saturated carbocycles. The van der Waals surface area contributed by atoms with Crippen LogP contribution in [-0.4, -0.2) is 20.3 Å². The van der Waals surface area contributed by atoms with Crippen molar-refractivity contribution >= 4 is 0 Å². The van der Waals surface area contributed by atoms with Crippen molar-refractivity contribution in [1.29, 1.82) is 0 Å². The Morgan fingerprint density at radius 2 is 1.92 bits per heavy atom. The lowest BCUT2D eigenvalue weighted by molar-refractivity contribution is 0.114. The molecule has 0 aromatic heterocycles. The molecule has 0 aromatic rings. The van der Waals surface area contributed by atoms with Crippen LogP contribution < -0.4 is 0 Å². The second-order valence-electron chi connectivity index (χ2n) is 2.44. The molecule has 0 atom stereocenters. The highest BCUT2D eigenvalue weighted by Crippen LogP contribution is 2.00. The quantitative estimate of drug-likeness (QED) is 0.357. The van der Waals surface area contributed by atoms with Gasteiger partial charge >= 0.3 is 0 Å². The lowest BCUT2D eigenvalue weighted by Crippen LogP contribution is -2.00. The van der Waals surface area contributed by atoms with E-state index in [1.165, 1.54) is 0 Å². The predicted molar refractivity (Wildman–Crippen MR) is 55.5 cm³/mol. The highest BCUT2D eigenvalue weighted by atomic mass is 16.5. The Kier molecular flexibility index (Phi) is 8.36. The molecule has 74 valence electrons. The molecule has 2 nitrogen and oxygen atoms in total. The fourth-order valence-electron chi connectivity index (χ4n) is 0.750. The Hall–Kier alpha value is -1.02. The number of ether oxygens (including phenoxy) is 2. The number of hydrogen-bond acceptors (Lipinski definition) is 2. The molecular formula is C11H18O2. The summed E-state index contributed by atoms with van der Waals surface area (Å²) in [6, 6.07) is 0. The van der Waals surface area contributed by atoms with Crippen LogP contribution in [0.4, 0.5) is 0 Å². The van der Waals surface area contributed by atoms with E-state index >= 15 is 0 Å². The number of rotatable bonds is 6. The summed E-state index contributed by atoms with van der Waals surface area (Å²) < 4.78 is 10.3. The third kappa shape index (κ3) is 7.34. The van der Waals surface area contributed by atoms with Gasteiger partial charge in [0.25, 0.3) is 0 Å². The Balaban J connectivity index is 3.94. The van der Waals surface area contributed by atoms with Gasteiger partial charge in [0, 0.05) is 7.11 Å². The standard InChI is InChI=1S/C11H18O2/c1-4-6-8-11(7-5-2)13-10-9-12-3/h4-8H,9-10H2,1-3H3/b6-4-,7-5-,11-8+. The van der Waals surface area contributed by atoms with Crippen LogP contribution in [0.3, 0.4) is 0 Å². The van der Waals surface area contributed by atoms with Gasteiger partial charge in [-0.1, -0.05) is 18.2 Å². The monoisotopic (exact) mass is 182 g/mol. The van der Waals surface area contributed by atoms with Gasteiger partial charge in [0.15, 0.2) is 0 Å². The van der Waals surface area contributed by atoms with Crippen molar-refractivity contribution in [2.75, 3.05) is 20.3 Å². The fourth-order valence-corrected chi connectivity index (χ4v) is 0.750. The summed E-state index contributed by atoms with van der Waals surface area (Å²) in [4.78, 5) is 0. The molecule has 2 heteroatoms. The molecule has 0 rings (SSSR count). The topological polar surface area (TPSA) is 18.5 Å². The molecule has 0 heterocycles. The van der Waals surface area contributed by atoms with Crippen molar-refractivity contribution < 1.29 is 9.47 Å². The van der Waals surface area contributed by atoms with Crippen molar-refractivity contribution in [3.8, 4) is 0 Å². The first-order chi connectivity index (χ1) is 6.35. The molecule has 0 aliphatic rings. The zero-order valence-corrected chi connectivity index (χ0v) is 8.62. The van der Waals surface area contributed by atoms with Gasteiger partial charge in [0.2, 0.25) is 0 Å². The van der Waals surface area contributed by atoms with Crippen LogP contribution in [-0.2, 0) is 9.47 Å². The molecule has 0 aromatic carbocycles. The molecular weight excluding hydrogens is 164 g/mol. The lowest BCUT2D eigenvalue weighted by atomic mass is 10.3. The first-order valence-electron chi connectivity index (χ1n) is 4.42. The molecule has 0 aliphatic heterocycles. The van der Waals surface area contributed by atoms with E-state index in [2.05, 4.69) is 0 Å². The van der Waals surface area contributed by atoms with E-state index in [1.807, 2.05) is 44.2 Å². The minimum atomic E-state index is 0.588. The Labute approximate surface area is 80.5 Å². The van der Waals surface area contributed by atoms with Crippen molar-refractivity contribution in [3.05, 3.63) is 36.1 Å². The molecule has 0 saturated heterocycles. The van der Waals surface area contributed by atoms with Crippen LogP contribution in [0.1, 0.15) is 13.8 Å². The maximum Gasteiger partial charge on any atom is 0.119 e. The van der Waals surface area contributed by atoms with Gasteiger partial charge in [-0.05, 0) is 26.0 Å². The molecule has 0 bridgehead atoms. The largest absolute Gasteiger partial charge is 0.491 e. The van der Waals surface area contributed by atoms with Gasteiger partial charge in [-0.25, -0.2) is 0 Å². The minimum Gasteiger partial charge on any atom is -0.491 e. The van der Waals surface area contributed by atoms with E-state index in [4.69, 9.17) is 9.47 Å².